The van der Waals surface area contributed by atoms with Gasteiger partial charge in [0.05, 0.1) is 7.11 Å². The van der Waals surface area contributed by atoms with Crippen LogP contribution in [0, 0.1) is 5.92 Å². The Morgan fingerprint density at radius 1 is 1.41 bits per heavy atom. The molecule has 1 amide bonds. The van der Waals surface area contributed by atoms with E-state index >= 15 is 0 Å². The Kier molecular flexibility index (Phi) is 5.54. The molecule has 22 heavy (non-hydrogen) atoms. The highest BCUT2D eigenvalue weighted by Crippen LogP contribution is 2.29. The molecule has 0 atom stereocenters. The van der Waals surface area contributed by atoms with Crippen LogP contribution in [-0.4, -0.2) is 32.2 Å². The number of amides is 1. The average Bonchev–Trinajstić information content (AvgIpc) is 2.43. The largest absolute Gasteiger partial charge is 0.493 e. The van der Waals surface area contributed by atoms with E-state index in [4.69, 9.17) is 10.5 Å². The van der Waals surface area contributed by atoms with Crippen LogP contribution in [-0.2, 0) is 11.2 Å². The van der Waals surface area contributed by atoms with Crippen molar-refractivity contribution in [1.82, 2.24) is 5.32 Å². The first kappa shape index (κ1) is 16.5. The first-order valence-electron chi connectivity index (χ1n) is 7.14. The summed E-state index contributed by atoms with van der Waals surface area (Å²) >= 11 is 0. The lowest BCUT2D eigenvalue weighted by Crippen LogP contribution is -2.45. The highest BCUT2D eigenvalue weighted by molar-refractivity contribution is 5.79. The van der Waals surface area contributed by atoms with E-state index in [0.717, 1.165) is 18.4 Å². The van der Waals surface area contributed by atoms with Crippen molar-refractivity contribution >= 4 is 5.91 Å². The summed E-state index contributed by atoms with van der Waals surface area (Å²) in [6.45, 7) is -2.47. The second-order valence-corrected chi connectivity index (χ2v) is 5.33. The van der Waals surface area contributed by atoms with Crippen molar-refractivity contribution < 1.29 is 23.0 Å². The summed E-state index contributed by atoms with van der Waals surface area (Å²) in [4.78, 5) is 11.8. The van der Waals surface area contributed by atoms with Crippen molar-refractivity contribution in [2.45, 2.75) is 31.9 Å². The predicted octanol–water partition coefficient (Wildman–Crippen LogP) is 1.69. The highest BCUT2D eigenvalue weighted by atomic mass is 19.3. The summed E-state index contributed by atoms with van der Waals surface area (Å²) < 4.78 is 34.1. The first-order valence-corrected chi connectivity index (χ1v) is 7.14. The summed E-state index contributed by atoms with van der Waals surface area (Å²) in [6.07, 6.45) is 1.97. The minimum atomic E-state index is -2.91. The third kappa shape index (κ3) is 4.30. The van der Waals surface area contributed by atoms with Gasteiger partial charge in [-0.2, -0.15) is 8.78 Å². The van der Waals surface area contributed by atoms with Gasteiger partial charge in [0.25, 0.3) is 0 Å². The van der Waals surface area contributed by atoms with E-state index in [0.29, 0.717) is 13.0 Å². The summed E-state index contributed by atoms with van der Waals surface area (Å²) in [6, 6.07) is 4.95. The number of nitrogens with one attached hydrogen (secondary N) is 1. The fourth-order valence-electron chi connectivity index (χ4n) is 2.42. The Labute approximate surface area is 127 Å². The third-order valence-corrected chi connectivity index (χ3v) is 3.70. The maximum absolute atomic E-state index is 12.3. The zero-order chi connectivity index (χ0) is 16.1. The number of rotatable bonds is 7. The normalized spacial score (nSPS) is 20.4. The van der Waals surface area contributed by atoms with Gasteiger partial charge in [-0.15, -0.1) is 0 Å². The van der Waals surface area contributed by atoms with Crippen LogP contribution in [0.1, 0.15) is 18.4 Å². The van der Waals surface area contributed by atoms with Crippen LogP contribution in [0.15, 0.2) is 18.2 Å². The van der Waals surface area contributed by atoms with Crippen molar-refractivity contribution in [3.05, 3.63) is 23.8 Å². The van der Waals surface area contributed by atoms with Gasteiger partial charge in [-0.05, 0) is 37.0 Å². The fourth-order valence-corrected chi connectivity index (χ4v) is 2.42. The molecule has 1 aliphatic carbocycles. The lowest BCUT2D eigenvalue weighted by atomic mass is 9.80. The first-order chi connectivity index (χ1) is 10.5. The summed E-state index contributed by atoms with van der Waals surface area (Å²) in [5.41, 5.74) is 6.42. The molecule has 7 heteroatoms. The van der Waals surface area contributed by atoms with Crippen LogP contribution in [0.3, 0.4) is 0 Å². The number of alkyl halides is 2. The van der Waals surface area contributed by atoms with Gasteiger partial charge in [-0.1, -0.05) is 6.07 Å². The molecule has 0 bridgehead atoms. The van der Waals surface area contributed by atoms with Crippen LogP contribution in [0.25, 0.3) is 0 Å². The molecular formula is C15H20F2N2O3. The molecule has 5 nitrogen and oxygen atoms in total. The Morgan fingerprint density at radius 2 is 2.14 bits per heavy atom. The molecule has 0 unspecified atom stereocenters. The fraction of sp³-hybridized carbons (Fsp3) is 0.533. The standard InChI is InChI=1S/C15H20F2N2O3/c1-21-12-3-2-9(6-13(12)22-15(16)17)4-5-19-14(20)10-7-11(18)8-10/h2-3,6,10-11,15H,4-5,7-8,18H2,1H3,(H,19,20). The van der Waals surface area contributed by atoms with Gasteiger partial charge < -0.3 is 20.5 Å². The van der Waals surface area contributed by atoms with Crippen molar-refractivity contribution in [3.8, 4) is 11.5 Å². The lowest BCUT2D eigenvalue weighted by Gasteiger charge is -2.31. The van der Waals surface area contributed by atoms with Crippen LogP contribution >= 0.6 is 0 Å². The van der Waals surface area contributed by atoms with E-state index in [1.807, 2.05) is 0 Å². The zero-order valence-corrected chi connectivity index (χ0v) is 12.4. The number of halogens is 2. The van der Waals surface area contributed by atoms with Gasteiger partial charge in [0.2, 0.25) is 5.91 Å². The maximum Gasteiger partial charge on any atom is 0.387 e. The molecule has 1 saturated carbocycles. The molecule has 1 fully saturated rings. The summed E-state index contributed by atoms with van der Waals surface area (Å²) in [5.74, 6) is 0.241. The maximum atomic E-state index is 12.3. The van der Waals surface area contributed by atoms with E-state index in [1.165, 1.54) is 13.2 Å². The number of carbonyl (C=O) groups is 1. The van der Waals surface area contributed by atoms with Crippen LogP contribution < -0.4 is 20.5 Å². The minimum Gasteiger partial charge on any atom is -0.493 e. The van der Waals surface area contributed by atoms with Crippen molar-refractivity contribution in [3.63, 3.8) is 0 Å². The second-order valence-electron chi connectivity index (χ2n) is 5.33. The van der Waals surface area contributed by atoms with Gasteiger partial charge >= 0.3 is 6.61 Å². The van der Waals surface area contributed by atoms with Gasteiger partial charge in [0.1, 0.15) is 0 Å². The van der Waals surface area contributed by atoms with Crippen LogP contribution in [0.4, 0.5) is 8.78 Å². The van der Waals surface area contributed by atoms with Gasteiger partial charge in [0, 0.05) is 18.5 Å². The molecule has 0 saturated heterocycles. The molecule has 0 heterocycles. The van der Waals surface area contributed by atoms with E-state index in [9.17, 15) is 13.6 Å². The molecule has 3 N–H and O–H groups in total. The van der Waals surface area contributed by atoms with Crippen LogP contribution in [0.2, 0.25) is 0 Å². The van der Waals surface area contributed by atoms with Gasteiger partial charge in [-0.3, -0.25) is 4.79 Å². The smallest absolute Gasteiger partial charge is 0.387 e. The zero-order valence-electron chi connectivity index (χ0n) is 12.4. The van der Waals surface area contributed by atoms with E-state index in [1.54, 1.807) is 12.1 Å². The van der Waals surface area contributed by atoms with Crippen molar-refractivity contribution in [1.29, 1.82) is 0 Å². The third-order valence-electron chi connectivity index (χ3n) is 3.70. The predicted molar refractivity (Wildman–Crippen MR) is 77.0 cm³/mol. The topological polar surface area (TPSA) is 73.6 Å². The molecule has 1 aliphatic rings. The Hall–Kier alpha value is -1.89. The number of hydrogen-bond acceptors (Lipinski definition) is 4. The molecule has 0 spiro atoms. The Morgan fingerprint density at radius 3 is 2.73 bits per heavy atom. The quantitative estimate of drug-likeness (QED) is 0.803. The SMILES string of the molecule is COc1ccc(CCNC(=O)C2CC(N)C2)cc1OC(F)F. The molecular weight excluding hydrogens is 294 g/mol. The molecule has 122 valence electrons. The minimum absolute atomic E-state index is 0.000680. The second kappa shape index (κ2) is 7.40. The van der Waals surface area contributed by atoms with Gasteiger partial charge in [-0.25, -0.2) is 0 Å². The van der Waals surface area contributed by atoms with Crippen molar-refractivity contribution in [2.75, 3.05) is 13.7 Å². The summed E-state index contributed by atoms with van der Waals surface area (Å²) in [5, 5.41) is 2.83. The number of ether oxygens (including phenoxy) is 2. The number of carbonyl (C=O) groups excluding carboxylic acids is 1. The highest BCUT2D eigenvalue weighted by Gasteiger charge is 2.31. The molecule has 1 aromatic carbocycles. The number of methoxy groups -OCH3 is 1. The number of nitrogens with two attached hydrogens (primary N) is 1. The van der Waals surface area contributed by atoms with Crippen LogP contribution in [0.5, 0.6) is 11.5 Å². The summed E-state index contributed by atoms with van der Waals surface area (Å²) in [7, 11) is 1.39. The molecule has 2 rings (SSSR count). The Balaban J connectivity index is 1.85. The van der Waals surface area contributed by atoms with E-state index in [2.05, 4.69) is 10.1 Å². The number of hydrogen-bond donors (Lipinski definition) is 2. The van der Waals surface area contributed by atoms with E-state index in [-0.39, 0.29) is 29.4 Å². The average molecular weight is 314 g/mol. The molecule has 0 radical (unpaired) electrons. The Bertz CT molecular complexity index is 520. The lowest BCUT2D eigenvalue weighted by molar-refractivity contribution is -0.127. The van der Waals surface area contributed by atoms with Gasteiger partial charge in [0.15, 0.2) is 11.5 Å². The van der Waals surface area contributed by atoms with E-state index < -0.39 is 6.61 Å². The monoisotopic (exact) mass is 314 g/mol. The molecule has 0 aromatic heterocycles. The molecule has 0 aliphatic heterocycles. The number of benzene rings is 1. The molecule has 1 aromatic rings. The van der Waals surface area contributed by atoms with Crippen molar-refractivity contribution in [2.24, 2.45) is 11.7 Å².